The van der Waals surface area contributed by atoms with Gasteiger partial charge in [-0.05, 0) is 24.6 Å². The van der Waals surface area contributed by atoms with E-state index in [0.717, 1.165) is 22.5 Å². The van der Waals surface area contributed by atoms with Gasteiger partial charge < -0.3 is 10.8 Å². The summed E-state index contributed by atoms with van der Waals surface area (Å²) in [4.78, 5) is 10.8. The minimum absolute atomic E-state index is 0.000374. The average Bonchev–Trinajstić information content (AvgIpc) is 2.73. The molecular formula is C11H12ClFN2O4S. The van der Waals surface area contributed by atoms with Gasteiger partial charge in [-0.1, -0.05) is 11.6 Å². The molecule has 1 aliphatic heterocycles. The number of carboxylic acids is 1. The lowest BCUT2D eigenvalue weighted by Gasteiger charge is -2.20. The molecule has 0 bridgehead atoms. The first-order chi connectivity index (χ1) is 9.17. The highest BCUT2D eigenvalue weighted by molar-refractivity contribution is 7.89. The Kier molecular flexibility index (Phi) is 3.76. The Bertz CT molecular complexity index is 666. The first-order valence-electron chi connectivity index (χ1n) is 5.64. The summed E-state index contributed by atoms with van der Waals surface area (Å²) in [6, 6.07) is 2.91. The number of benzene rings is 1. The summed E-state index contributed by atoms with van der Waals surface area (Å²) in [7, 11) is -4.00. The van der Waals surface area contributed by atoms with E-state index in [1.54, 1.807) is 0 Å². The standard InChI is InChI=1S/C11H12ClFN2O4S/c12-8-5-7(13)1-2-9(8)20(18,19)15-4-3-11(14,6-15)10(16)17/h1-2,5H,3-4,6,14H2,(H,16,17). The minimum Gasteiger partial charge on any atom is -0.480 e. The molecule has 110 valence electrons. The van der Waals surface area contributed by atoms with E-state index in [1.165, 1.54) is 0 Å². The van der Waals surface area contributed by atoms with E-state index in [9.17, 15) is 17.6 Å². The van der Waals surface area contributed by atoms with Crippen LogP contribution in [-0.4, -0.2) is 42.4 Å². The molecule has 3 N–H and O–H groups in total. The maximum Gasteiger partial charge on any atom is 0.325 e. The fourth-order valence-electron chi connectivity index (χ4n) is 2.00. The van der Waals surface area contributed by atoms with Crippen LogP contribution in [0.15, 0.2) is 23.1 Å². The Morgan fingerprint density at radius 2 is 2.15 bits per heavy atom. The van der Waals surface area contributed by atoms with Gasteiger partial charge in [-0.25, -0.2) is 12.8 Å². The summed E-state index contributed by atoms with van der Waals surface area (Å²) in [6.07, 6.45) is 0.000374. The van der Waals surface area contributed by atoms with E-state index in [2.05, 4.69) is 0 Å². The second-order valence-corrected chi connectivity index (χ2v) is 6.94. The van der Waals surface area contributed by atoms with Gasteiger partial charge >= 0.3 is 5.97 Å². The predicted molar refractivity (Wildman–Crippen MR) is 69.3 cm³/mol. The van der Waals surface area contributed by atoms with Crippen molar-refractivity contribution in [1.82, 2.24) is 4.31 Å². The third kappa shape index (κ3) is 2.51. The van der Waals surface area contributed by atoms with Crippen molar-refractivity contribution < 1.29 is 22.7 Å². The number of carbonyl (C=O) groups is 1. The van der Waals surface area contributed by atoms with E-state index in [-0.39, 0.29) is 29.4 Å². The molecule has 0 spiro atoms. The first-order valence-corrected chi connectivity index (χ1v) is 7.46. The Morgan fingerprint density at radius 3 is 2.65 bits per heavy atom. The number of carboxylic acid groups (broad SMARTS) is 1. The number of rotatable bonds is 3. The molecule has 0 aliphatic carbocycles. The molecule has 20 heavy (non-hydrogen) atoms. The molecule has 2 rings (SSSR count). The molecule has 1 aromatic rings. The smallest absolute Gasteiger partial charge is 0.325 e. The molecule has 1 unspecified atom stereocenters. The normalized spacial score (nSPS) is 23.9. The highest BCUT2D eigenvalue weighted by Gasteiger charge is 2.46. The third-order valence-corrected chi connectivity index (χ3v) is 5.53. The minimum atomic E-state index is -4.00. The van der Waals surface area contributed by atoms with Gasteiger partial charge in [-0.2, -0.15) is 4.31 Å². The van der Waals surface area contributed by atoms with Crippen molar-refractivity contribution in [3.63, 3.8) is 0 Å². The summed E-state index contributed by atoms with van der Waals surface area (Å²) >= 11 is 5.73. The number of halogens is 2. The van der Waals surface area contributed by atoms with Gasteiger partial charge in [0.15, 0.2) is 0 Å². The number of nitrogens with two attached hydrogens (primary N) is 1. The van der Waals surface area contributed by atoms with E-state index in [1.807, 2.05) is 0 Å². The lowest BCUT2D eigenvalue weighted by Crippen LogP contribution is -2.50. The maximum atomic E-state index is 13.0. The topological polar surface area (TPSA) is 101 Å². The lowest BCUT2D eigenvalue weighted by molar-refractivity contribution is -0.142. The summed E-state index contributed by atoms with van der Waals surface area (Å²) < 4.78 is 38.6. The van der Waals surface area contributed by atoms with Crippen molar-refractivity contribution >= 4 is 27.6 Å². The molecule has 0 saturated carbocycles. The molecule has 1 aliphatic rings. The van der Waals surface area contributed by atoms with E-state index in [0.29, 0.717) is 0 Å². The zero-order valence-corrected chi connectivity index (χ0v) is 11.8. The van der Waals surface area contributed by atoms with E-state index >= 15 is 0 Å². The number of hydrogen-bond acceptors (Lipinski definition) is 4. The highest BCUT2D eigenvalue weighted by Crippen LogP contribution is 2.30. The van der Waals surface area contributed by atoms with Gasteiger partial charge in [0.1, 0.15) is 16.3 Å². The van der Waals surface area contributed by atoms with Gasteiger partial charge in [0.05, 0.1) is 5.02 Å². The van der Waals surface area contributed by atoms with E-state index < -0.39 is 27.3 Å². The molecule has 1 fully saturated rings. The average molecular weight is 323 g/mol. The van der Waals surface area contributed by atoms with Crippen molar-refractivity contribution in [1.29, 1.82) is 0 Å². The van der Waals surface area contributed by atoms with Crippen LogP contribution in [0.4, 0.5) is 4.39 Å². The molecule has 0 aromatic heterocycles. The zero-order chi connectivity index (χ0) is 15.1. The maximum absolute atomic E-state index is 13.0. The summed E-state index contributed by atoms with van der Waals surface area (Å²) in [5.41, 5.74) is 4.02. The Labute approximate surface area is 120 Å². The van der Waals surface area contributed by atoms with Crippen LogP contribution < -0.4 is 5.73 Å². The Morgan fingerprint density at radius 1 is 1.50 bits per heavy atom. The van der Waals surface area contributed by atoms with Crippen LogP contribution in [0, 0.1) is 5.82 Å². The molecule has 0 amide bonds. The lowest BCUT2D eigenvalue weighted by atomic mass is 10.0. The first kappa shape index (κ1) is 15.2. The largest absolute Gasteiger partial charge is 0.480 e. The Hall–Kier alpha value is -1.22. The van der Waals surface area contributed by atoms with Crippen LogP contribution in [0.2, 0.25) is 5.02 Å². The molecule has 1 atom stereocenters. The van der Waals surface area contributed by atoms with Crippen LogP contribution in [-0.2, 0) is 14.8 Å². The van der Waals surface area contributed by atoms with Crippen molar-refractivity contribution in [2.24, 2.45) is 5.73 Å². The molecule has 1 aromatic carbocycles. The number of nitrogens with zero attached hydrogens (tertiary/aromatic N) is 1. The van der Waals surface area contributed by atoms with Gasteiger partial charge in [0.2, 0.25) is 10.0 Å². The van der Waals surface area contributed by atoms with Gasteiger partial charge in [-0.15, -0.1) is 0 Å². The van der Waals surface area contributed by atoms with Gasteiger partial charge in [0, 0.05) is 13.1 Å². The molecule has 1 heterocycles. The molecule has 0 radical (unpaired) electrons. The van der Waals surface area contributed by atoms with Crippen LogP contribution >= 0.6 is 11.6 Å². The SMILES string of the molecule is NC1(C(=O)O)CCN(S(=O)(=O)c2ccc(F)cc2Cl)C1. The molecule has 1 saturated heterocycles. The number of sulfonamides is 1. The second-order valence-electron chi connectivity index (χ2n) is 4.62. The molecular weight excluding hydrogens is 311 g/mol. The Balaban J connectivity index is 2.35. The van der Waals surface area contributed by atoms with Gasteiger partial charge in [0.25, 0.3) is 0 Å². The van der Waals surface area contributed by atoms with Crippen LogP contribution in [0.1, 0.15) is 6.42 Å². The quantitative estimate of drug-likeness (QED) is 0.851. The van der Waals surface area contributed by atoms with Crippen molar-refractivity contribution in [3.8, 4) is 0 Å². The third-order valence-electron chi connectivity index (χ3n) is 3.20. The summed E-state index contributed by atoms with van der Waals surface area (Å²) in [5, 5.41) is 8.74. The molecule has 9 heteroatoms. The fourth-order valence-corrected chi connectivity index (χ4v) is 4.02. The van der Waals surface area contributed by atoms with Crippen LogP contribution in [0.25, 0.3) is 0 Å². The van der Waals surface area contributed by atoms with E-state index in [4.69, 9.17) is 22.4 Å². The van der Waals surface area contributed by atoms with Crippen molar-refractivity contribution in [3.05, 3.63) is 29.0 Å². The highest BCUT2D eigenvalue weighted by atomic mass is 35.5. The van der Waals surface area contributed by atoms with Crippen LogP contribution in [0.3, 0.4) is 0 Å². The predicted octanol–water partition coefficient (Wildman–Crippen LogP) is 0.656. The van der Waals surface area contributed by atoms with Gasteiger partial charge in [-0.3, -0.25) is 4.79 Å². The van der Waals surface area contributed by atoms with Crippen LogP contribution in [0.5, 0.6) is 0 Å². The van der Waals surface area contributed by atoms with Crippen molar-refractivity contribution in [2.75, 3.05) is 13.1 Å². The summed E-state index contributed by atoms with van der Waals surface area (Å²) in [5.74, 6) is -1.92. The second kappa shape index (κ2) is 4.96. The zero-order valence-electron chi connectivity index (χ0n) is 10.2. The fraction of sp³-hybridized carbons (Fsp3) is 0.364. The molecule has 6 nitrogen and oxygen atoms in total. The monoisotopic (exact) mass is 322 g/mol. The number of hydrogen-bond donors (Lipinski definition) is 2. The van der Waals surface area contributed by atoms with Crippen molar-refractivity contribution in [2.45, 2.75) is 16.9 Å². The summed E-state index contributed by atoms with van der Waals surface area (Å²) in [6.45, 7) is -0.378. The number of aliphatic carboxylic acids is 1.